The summed E-state index contributed by atoms with van der Waals surface area (Å²) in [4.78, 5) is 6.19. The van der Waals surface area contributed by atoms with Crippen molar-refractivity contribution in [3.8, 4) is 0 Å². The van der Waals surface area contributed by atoms with E-state index >= 15 is 0 Å². The Morgan fingerprint density at radius 2 is 1.12 bits per heavy atom. The van der Waals surface area contributed by atoms with Crippen LogP contribution in [0.25, 0.3) is 0 Å². The Labute approximate surface area is 199 Å². The summed E-state index contributed by atoms with van der Waals surface area (Å²) < 4.78 is 39.0. The average molecular weight is 470 g/mol. The highest BCUT2D eigenvalue weighted by Gasteiger charge is 2.42. The van der Waals surface area contributed by atoms with Gasteiger partial charge in [-0.05, 0) is 11.8 Å². The van der Waals surface area contributed by atoms with Gasteiger partial charge in [0.15, 0.2) is 12.1 Å². The topological polar surface area (TPSA) is 17.2 Å². The number of rotatable bonds is 5. The van der Waals surface area contributed by atoms with Crippen molar-refractivity contribution in [3.63, 3.8) is 0 Å². The van der Waals surface area contributed by atoms with E-state index < -0.39 is 7.25 Å². The van der Waals surface area contributed by atoms with E-state index in [1.54, 1.807) is 0 Å². The lowest BCUT2D eigenvalue weighted by Gasteiger charge is -2.27. The van der Waals surface area contributed by atoms with Crippen LogP contribution in [-0.2, 0) is 0 Å². The van der Waals surface area contributed by atoms with E-state index in [1.165, 1.54) is 27.9 Å². The van der Waals surface area contributed by atoms with Gasteiger partial charge in [-0.15, -0.1) is 0 Å². The SMILES string of the molecule is CC(C)c1cccc(C(C)C)c1N1C=[NH+]C(c2ccccc2)C1c1ccccc1.F[B-](F)(F)F. The summed E-state index contributed by atoms with van der Waals surface area (Å²) >= 11 is 0. The van der Waals surface area contributed by atoms with Crippen LogP contribution in [0.5, 0.6) is 0 Å². The van der Waals surface area contributed by atoms with Crippen LogP contribution in [0.1, 0.15) is 73.9 Å². The van der Waals surface area contributed by atoms with Gasteiger partial charge in [-0.3, -0.25) is 4.99 Å². The van der Waals surface area contributed by atoms with E-state index in [4.69, 9.17) is 0 Å². The monoisotopic (exact) mass is 470 g/mol. The van der Waals surface area contributed by atoms with Crippen LogP contribution in [0.15, 0.2) is 78.9 Å². The largest absolute Gasteiger partial charge is 0.673 e. The fourth-order valence-corrected chi connectivity index (χ4v) is 4.45. The molecule has 0 aliphatic carbocycles. The third-order valence-electron chi connectivity index (χ3n) is 5.91. The second-order valence-electron chi connectivity index (χ2n) is 9.04. The molecule has 180 valence electrons. The number of anilines is 1. The molecular weight excluding hydrogens is 439 g/mol. The summed E-state index contributed by atoms with van der Waals surface area (Å²) in [7, 11) is -6.00. The lowest BCUT2D eigenvalue weighted by atomic mass is 9.89. The van der Waals surface area contributed by atoms with Crippen LogP contribution in [-0.4, -0.2) is 13.6 Å². The van der Waals surface area contributed by atoms with Gasteiger partial charge >= 0.3 is 7.25 Å². The quantitative estimate of drug-likeness (QED) is 0.327. The summed E-state index contributed by atoms with van der Waals surface area (Å²) in [5.41, 5.74) is 6.81. The molecule has 0 saturated carbocycles. The average Bonchev–Trinajstić information content (AvgIpc) is 3.23. The first-order chi connectivity index (χ1) is 16.1. The molecule has 0 radical (unpaired) electrons. The van der Waals surface area contributed by atoms with Crippen molar-refractivity contribution in [2.45, 2.75) is 51.6 Å². The molecular formula is C27H31BF4N2. The van der Waals surface area contributed by atoms with Gasteiger partial charge in [0.2, 0.25) is 6.34 Å². The van der Waals surface area contributed by atoms with Crippen molar-refractivity contribution in [2.24, 2.45) is 0 Å². The standard InChI is InChI=1S/C27H30N2.BF4/c1-19(2)23-16-11-17-24(20(3)4)27(23)29-18-28-25(21-12-7-5-8-13-21)26(29)22-14-9-6-10-15-22;2-1(3,4)5/h5-20,25-26H,1-4H3;/q;-1/p+1. The molecule has 1 N–H and O–H groups in total. The number of nitrogens with zero attached hydrogens (tertiary/aromatic N) is 1. The van der Waals surface area contributed by atoms with Crippen LogP contribution >= 0.6 is 0 Å². The fourth-order valence-electron chi connectivity index (χ4n) is 4.45. The van der Waals surface area contributed by atoms with Crippen LogP contribution < -0.4 is 9.89 Å². The first kappa shape index (κ1) is 25.5. The Hall–Kier alpha value is -3.09. The van der Waals surface area contributed by atoms with E-state index in [-0.39, 0.29) is 12.1 Å². The maximum atomic E-state index is 9.75. The molecule has 1 aliphatic rings. The van der Waals surface area contributed by atoms with Crippen LogP contribution in [0.2, 0.25) is 0 Å². The predicted molar refractivity (Wildman–Crippen MR) is 133 cm³/mol. The third-order valence-corrected chi connectivity index (χ3v) is 5.91. The highest BCUT2D eigenvalue weighted by Crippen LogP contribution is 2.42. The van der Waals surface area contributed by atoms with Gasteiger partial charge in [-0.25, -0.2) is 4.90 Å². The number of para-hydroxylation sites is 1. The maximum Gasteiger partial charge on any atom is 0.673 e. The number of hydrogen-bond acceptors (Lipinski definition) is 1. The Kier molecular flexibility index (Phi) is 8.18. The Balaban J connectivity index is 0.000000588. The van der Waals surface area contributed by atoms with Crippen molar-refractivity contribution in [3.05, 3.63) is 101 Å². The van der Waals surface area contributed by atoms with Crippen LogP contribution in [0.4, 0.5) is 23.0 Å². The van der Waals surface area contributed by atoms with Gasteiger partial charge in [0.05, 0.1) is 0 Å². The Morgan fingerprint density at radius 1 is 0.676 bits per heavy atom. The van der Waals surface area contributed by atoms with Crippen molar-refractivity contribution < 1.29 is 22.3 Å². The number of nitrogens with one attached hydrogen (secondary N) is 1. The molecule has 0 bridgehead atoms. The fraction of sp³-hybridized carbons (Fsp3) is 0.296. The predicted octanol–water partition coefficient (Wildman–Crippen LogP) is 6.64. The molecule has 3 aromatic carbocycles. The molecule has 0 amide bonds. The van der Waals surface area contributed by atoms with E-state index in [2.05, 4.69) is 123 Å². The molecule has 2 unspecified atom stereocenters. The molecule has 2 nitrogen and oxygen atoms in total. The van der Waals surface area contributed by atoms with Gasteiger partial charge in [-0.1, -0.05) is 107 Å². The molecule has 4 rings (SSSR count). The zero-order chi connectivity index (χ0) is 24.9. The van der Waals surface area contributed by atoms with Crippen molar-refractivity contribution in [1.29, 1.82) is 0 Å². The second-order valence-corrected chi connectivity index (χ2v) is 9.04. The minimum Gasteiger partial charge on any atom is -0.418 e. The number of halogens is 4. The van der Waals surface area contributed by atoms with Gasteiger partial charge < -0.3 is 17.3 Å². The smallest absolute Gasteiger partial charge is 0.418 e. The molecule has 0 fully saturated rings. The van der Waals surface area contributed by atoms with E-state index in [9.17, 15) is 17.3 Å². The molecule has 34 heavy (non-hydrogen) atoms. The molecule has 1 aliphatic heterocycles. The zero-order valence-corrected chi connectivity index (χ0v) is 19.9. The van der Waals surface area contributed by atoms with Crippen LogP contribution in [0, 0.1) is 0 Å². The highest BCUT2D eigenvalue weighted by molar-refractivity contribution is 6.50. The lowest BCUT2D eigenvalue weighted by Crippen LogP contribution is -2.68. The molecule has 1 heterocycles. The van der Waals surface area contributed by atoms with E-state index in [1.807, 2.05) is 0 Å². The van der Waals surface area contributed by atoms with Crippen LogP contribution in [0.3, 0.4) is 0 Å². The summed E-state index contributed by atoms with van der Waals surface area (Å²) in [5, 5.41) is 0. The highest BCUT2D eigenvalue weighted by atomic mass is 19.5. The van der Waals surface area contributed by atoms with Crippen molar-refractivity contribution in [2.75, 3.05) is 4.90 Å². The molecule has 2 atom stereocenters. The van der Waals surface area contributed by atoms with Gasteiger partial charge in [0.1, 0.15) is 5.69 Å². The van der Waals surface area contributed by atoms with Gasteiger partial charge in [0, 0.05) is 22.3 Å². The minimum absolute atomic E-state index is 0.205. The Morgan fingerprint density at radius 3 is 1.56 bits per heavy atom. The summed E-state index contributed by atoms with van der Waals surface area (Å²) in [6.45, 7) is 9.16. The lowest BCUT2D eigenvalue weighted by molar-refractivity contribution is -0.499. The third kappa shape index (κ3) is 6.28. The molecule has 3 aromatic rings. The second kappa shape index (κ2) is 10.9. The maximum absolute atomic E-state index is 9.75. The Bertz CT molecular complexity index is 1050. The molecule has 7 heteroatoms. The molecule has 0 saturated heterocycles. The first-order valence-corrected chi connectivity index (χ1v) is 11.6. The molecule has 0 spiro atoms. The van der Waals surface area contributed by atoms with Gasteiger partial charge in [0.25, 0.3) is 0 Å². The first-order valence-electron chi connectivity index (χ1n) is 11.6. The normalized spacial score (nSPS) is 17.8. The van der Waals surface area contributed by atoms with Gasteiger partial charge in [-0.2, -0.15) is 0 Å². The number of hydrogen-bond donors (Lipinski definition) is 1. The zero-order valence-electron chi connectivity index (χ0n) is 19.9. The summed E-state index contributed by atoms with van der Waals surface area (Å²) in [6.07, 6.45) is 2.20. The summed E-state index contributed by atoms with van der Waals surface area (Å²) in [6, 6.07) is 28.9. The van der Waals surface area contributed by atoms with Crippen molar-refractivity contribution >= 4 is 19.3 Å². The van der Waals surface area contributed by atoms with E-state index in [0.29, 0.717) is 11.8 Å². The van der Waals surface area contributed by atoms with Crippen molar-refractivity contribution in [1.82, 2.24) is 0 Å². The summed E-state index contributed by atoms with van der Waals surface area (Å²) in [5.74, 6) is 0.925. The molecule has 0 aromatic heterocycles. The van der Waals surface area contributed by atoms with E-state index in [0.717, 1.165) is 0 Å². The number of benzene rings is 3. The minimum atomic E-state index is -6.00.